The SMILES string of the molecule is CC(C)NC(N)=NCc1cc(F)ccc1F.I. The Morgan fingerprint density at radius 3 is 2.65 bits per heavy atom. The minimum absolute atomic E-state index is 0. The molecule has 0 radical (unpaired) electrons. The van der Waals surface area contributed by atoms with Crippen LogP contribution in [-0.4, -0.2) is 12.0 Å². The molecule has 0 amide bonds. The molecule has 1 rings (SSSR count). The van der Waals surface area contributed by atoms with Gasteiger partial charge in [-0.15, -0.1) is 24.0 Å². The highest BCUT2D eigenvalue weighted by molar-refractivity contribution is 14.0. The van der Waals surface area contributed by atoms with Gasteiger partial charge in [-0.2, -0.15) is 0 Å². The Hall–Kier alpha value is -0.920. The maximum absolute atomic E-state index is 13.2. The Labute approximate surface area is 117 Å². The highest BCUT2D eigenvalue weighted by atomic mass is 127. The smallest absolute Gasteiger partial charge is 0.189 e. The molecule has 0 heterocycles. The van der Waals surface area contributed by atoms with E-state index in [9.17, 15) is 8.78 Å². The first-order valence-electron chi connectivity index (χ1n) is 4.99. The summed E-state index contributed by atoms with van der Waals surface area (Å²) in [5.41, 5.74) is 5.72. The Kier molecular flexibility index (Phi) is 7.01. The van der Waals surface area contributed by atoms with Crippen LogP contribution in [0.1, 0.15) is 19.4 Å². The van der Waals surface area contributed by atoms with Crippen molar-refractivity contribution in [2.45, 2.75) is 26.4 Å². The summed E-state index contributed by atoms with van der Waals surface area (Å²) in [5.74, 6) is -0.747. The van der Waals surface area contributed by atoms with E-state index in [1.54, 1.807) is 0 Å². The zero-order valence-corrected chi connectivity index (χ0v) is 12.0. The quantitative estimate of drug-likeness (QED) is 0.497. The van der Waals surface area contributed by atoms with Crippen LogP contribution >= 0.6 is 24.0 Å². The number of nitrogens with two attached hydrogens (primary N) is 1. The predicted octanol–water partition coefficient (Wildman–Crippen LogP) is 2.40. The third kappa shape index (κ3) is 5.81. The van der Waals surface area contributed by atoms with Crippen LogP contribution in [0.25, 0.3) is 0 Å². The molecule has 0 atom stereocenters. The summed E-state index contributed by atoms with van der Waals surface area (Å²) in [5, 5.41) is 2.86. The van der Waals surface area contributed by atoms with E-state index in [0.29, 0.717) is 0 Å². The predicted molar refractivity (Wildman–Crippen MR) is 75.4 cm³/mol. The number of rotatable bonds is 3. The number of nitrogens with zero attached hydrogens (tertiary/aromatic N) is 1. The Morgan fingerprint density at radius 1 is 1.41 bits per heavy atom. The molecule has 1 aromatic rings. The second kappa shape index (κ2) is 7.41. The van der Waals surface area contributed by atoms with Gasteiger partial charge < -0.3 is 11.1 Å². The molecular formula is C11H16F2IN3. The monoisotopic (exact) mass is 355 g/mol. The van der Waals surface area contributed by atoms with Crippen LogP contribution in [0.15, 0.2) is 23.2 Å². The third-order valence-electron chi connectivity index (χ3n) is 1.86. The molecule has 1 aromatic carbocycles. The zero-order chi connectivity index (χ0) is 12.1. The van der Waals surface area contributed by atoms with Gasteiger partial charge in [0.15, 0.2) is 5.96 Å². The molecule has 0 aromatic heterocycles. The van der Waals surface area contributed by atoms with Crippen molar-refractivity contribution in [3.8, 4) is 0 Å². The van der Waals surface area contributed by atoms with Crippen molar-refractivity contribution in [3.05, 3.63) is 35.4 Å². The molecule has 96 valence electrons. The van der Waals surface area contributed by atoms with Crippen molar-refractivity contribution in [2.75, 3.05) is 0 Å². The topological polar surface area (TPSA) is 50.4 Å². The standard InChI is InChI=1S/C11H15F2N3.HI/c1-7(2)16-11(14)15-6-8-5-9(12)3-4-10(8)13;/h3-5,7H,6H2,1-2H3,(H3,14,15,16);1H. The van der Waals surface area contributed by atoms with Crippen LogP contribution in [0.5, 0.6) is 0 Å². The van der Waals surface area contributed by atoms with Crippen LogP contribution in [0, 0.1) is 11.6 Å². The Bertz CT molecular complexity index is 394. The van der Waals surface area contributed by atoms with Gasteiger partial charge in [0.2, 0.25) is 0 Å². The summed E-state index contributed by atoms with van der Waals surface area (Å²) in [7, 11) is 0. The van der Waals surface area contributed by atoms with Gasteiger partial charge in [0.25, 0.3) is 0 Å². The van der Waals surface area contributed by atoms with E-state index in [-0.39, 0.29) is 48.1 Å². The molecule has 17 heavy (non-hydrogen) atoms. The number of guanidine groups is 1. The van der Waals surface area contributed by atoms with Gasteiger partial charge in [-0.25, -0.2) is 13.8 Å². The number of hydrogen-bond donors (Lipinski definition) is 2. The minimum atomic E-state index is -0.484. The number of benzene rings is 1. The molecule has 3 N–H and O–H groups in total. The van der Waals surface area contributed by atoms with Crippen molar-refractivity contribution in [1.82, 2.24) is 5.32 Å². The lowest BCUT2D eigenvalue weighted by molar-refractivity contribution is 0.585. The van der Waals surface area contributed by atoms with Crippen LogP contribution in [0.4, 0.5) is 8.78 Å². The fourth-order valence-electron chi connectivity index (χ4n) is 1.18. The molecule has 0 aliphatic heterocycles. The molecule has 3 nitrogen and oxygen atoms in total. The number of nitrogens with one attached hydrogen (secondary N) is 1. The van der Waals surface area contributed by atoms with E-state index in [2.05, 4.69) is 10.3 Å². The van der Waals surface area contributed by atoms with Crippen LogP contribution in [0.2, 0.25) is 0 Å². The summed E-state index contributed by atoms with van der Waals surface area (Å²) >= 11 is 0. The van der Waals surface area contributed by atoms with Crippen molar-refractivity contribution in [3.63, 3.8) is 0 Å². The molecule has 0 aliphatic rings. The average molecular weight is 355 g/mol. The van der Waals surface area contributed by atoms with Gasteiger partial charge >= 0.3 is 0 Å². The first kappa shape index (κ1) is 16.1. The van der Waals surface area contributed by atoms with Crippen LogP contribution in [0.3, 0.4) is 0 Å². The molecule has 0 fully saturated rings. The lowest BCUT2D eigenvalue weighted by Crippen LogP contribution is -2.36. The van der Waals surface area contributed by atoms with Gasteiger partial charge in [-0.3, -0.25) is 0 Å². The third-order valence-corrected chi connectivity index (χ3v) is 1.86. The summed E-state index contributed by atoms with van der Waals surface area (Å²) in [4.78, 5) is 3.91. The summed E-state index contributed by atoms with van der Waals surface area (Å²) in [6.45, 7) is 3.84. The van der Waals surface area contributed by atoms with Crippen molar-refractivity contribution >= 4 is 29.9 Å². The molecule has 0 spiro atoms. The van der Waals surface area contributed by atoms with Crippen LogP contribution < -0.4 is 11.1 Å². The molecular weight excluding hydrogens is 339 g/mol. The fraction of sp³-hybridized carbons (Fsp3) is 0.364. The van der Waals surface area contributed by atoms with Crippen LogP contribution in [-0.2, 0) is 6.54 Å². The maximum atomic E-state index is 13.2. The molecule has 0 unspecified atom stereocenters. The minimum Gasteiger partial charge on any atom is -0.370 e. The van der Waals surface area contributed by atoms with Crippen molar-refractivity contribution in [2.24, 2.45) is 10.7 Å². The van der Waals surface area contributed by atoms with E-state index in [4.69, 9.17) is 5.73 Å². The van der Waals surface area contributed by atoms with Gasteiger partial charge in [-0.1, -0.05) is 0 Å². The van der Waals surface area contributed by atoms with Crippen molar-refractivity contribution in [1.29, 1.82) is 0 Å². The highest BCUT2D eigenvalue weighted by Gasteiger charge is 2.03. The van der Waals surface area contributed by atoms with E-state index >= 15 is 0 Å². The van der Waals surface area contributed by atoms with Crippen molar-refractivity contribution < 1.29 is 8.78 Å². The molecule has 0 bridgehead atoms. The first-order chi connectivity index (χ1) is 7.49. The normalized spacial score (nSPS) is 11.2. The van der Waals surface area contributed by atoms with E-state index < -0.39 is 11.6 Å². The second-order valence-corrected chi connectivity index (χ2v) is 3.74. The lowest BCUT2D eigenvalue weighted by Gasteiger charge is -2.08. The summed E-state index contributed by atoms with van der Waals surface area (Å²) < 4.78 is 26.0. The maximum Gasteiger partial charge on any atom is 0.189 e. The van der Waals surface area contributed by atoms with E-state index in [0.717, 1.165) is 18.2 Å². The lowest BCUT2D eigenvalue weighted by atomic mass is 10.2. The van der Waals surface area contributed by atoms with Gasteiger partial charge in [0.1, 0.15) is 11.6 Å². The first-order valence-corrected chi connectivity index (χ1v) is 4.99. The fourth-order valence-corrected chi connectivity index (χ4v) is 1.18. The van der Waals surface area contributed by atoms with E-state index in [1.807, 2.05) is 13.8 Å². The Balaban J connectivity index is 0.00000256. The zero-order valence-electron chi connectivity index (χ0n) is 9.71. The summed E-state index contributed by atoms with van der Waals surface area (Å²) in [6.07, 6.45) is 0. The van der Waals surface area contributed by atoms with Gasteiger partial charge in [-0.05, 0) is 32.0 Å². The molecule has 0 aliphatic carbocycles. The molecule has 6 heteroatoms. The molecule has 0 saturated heterocycles. The van der Waals surface area contributed by atoms with E-state index in [1.165, 1.54) is 0 Å². The highest BCUT2D eigenvalue weighted by Crippen LogP contribution is 2.10. The summed E-state index contributed by atoms with van der Waals surface area (Å²) in [6, 6.07) is 3.41. The Morgan fingerprint density at radius 2 is 2.06 bits per heavy atom. The van der Waals surface area contributed by atoms with Gasteiger partial charge in [0.05, 0.1) is 6.54 Å². The second-order valence-electron chi connectivity index (χ2n) is 3.74. The number of halogens is 3. The largest absolute Gasteiger partial charge is 0.370 e. The average Bonchev–Trinajstić information content (AvgIpc) is 2.18. The van der Waals surface area contributed by atoms with Gasteiger partial charge in [0, 0.05) is 11.6 Å². The molecule has 0 saturated carbocycles. The number of aliphatic imine (C=N–C) groups is 1. The number of hydrogen-bond acceptors (Lipinski definition) is 1.